The second kappa shape index (κ2) is 8.58. The molecule has 1 aliphatic heterocycles. The van der Waals surface area contributed by atoms with Crippen LogP contribution in [0.3, 0.4) is 0 Å². The van der Waals surface area contributed by atoms with Gasteiger partial charge in [-0.05, 0) is 31.2 Å². The van der Waals surface area contributed by atoms with Gasteiger partial charge in [0.15, 0.2) is 23.0 Å². The Balaban J connectivity index is 1.49. The zero-order chi connectivity index (χ0) is 22.8. The van der Waals surface area contributed by atoms with E-state index < -0.39 is 11.9 Å². The van der Waals surface area contributed by atoms with Crippen molar-refractivity contribution in [3.8, 4) is 28.7 Å². The summed E-state index contributed by atoms with van der Waals surface area (Å²) in [7, 11) is 4.52. The monoisotopic (exact) mass is 441 g/mol. The minimum absolute atomic E-state index is 0.145. The summed E-state index contributed by atoms with van der Waals surface area (Å²) in [6, 6.07) is 7.66. The number of nitrogens with one attached hydrogen (secondary N) is 3. The summed E-state index contributed by atoms with van der Waals surface area (Å²) in [5.74, 6) is 1.63. The molecule has 0 aliphatic carbocycles. The van der Waals surface area contributed by atoms with Crippen molar-refractivity contribution in [3.05, 3.63) is 36.0 Å². The zero-order valence-corrected chi connectivity index (χ0v) is 18.0. The van der Waals surface area contributed by atoms with Crippen LogP contribution in [0.2, 0.25) is 0 Å². The van der Waals surface area contributed by atoms with Crippen LogP contribution in [0.4, 0.5) is 5.69 Å². The van der Waals surface area contributed by atoms with Crippen molar-refractivity contribution in [2.45, 2.75) is 13.0 Å². The maximum absolute atomic E-state index is 12.8. The molecule has 0 saturated heterocycles. The van der Waals surface area contributed by atoms with E-state index in [4.69, 9.17) is 23.7 Å². The van der Waals surface area contributed by atoms with Crippen molar-refractivity contribution in [2.24, 2.45) is 0 Å². The summed E-state index contributed by atoms with van der Waals surface area (Å²) in [4.78, 5) is 28.4. The summed E-state index contributed by atoms with van der Waals surface area (Å²) < 4.78 is 26.7. The molecule has 0 fully saturated rings. The Bertz CT molecular complexity index is 1190. The van der Waals surface area contributed by atoms with Gasteiger partial charge in [-0.3, -0.25) is 9.59 Å². The number of hydrogen-bond donors (Lipinski definition) is 3. The van der Waals surface area contributed by atoms with Gasteiger partial charge in [0.05, 0.1) is 26.8 Å². The van der Waals surface area contributed by atoms with Crippen molar-refractivity contribution in [3.63, 3.8) is 0 Å². The Morgan fingerprint density at radius 2 is 1.75 bits per heavy atom. The smallest absolute Gasteiger partial charge is 0.268 e. The van der Waals surface area contributed by atoms with Gasteiger partial charge in [-0.25, -0.2) is 0 Å². The third kappa shape index (κ3) is 3.82. The van der Waals surface area contributed by atoms with E-state index >= 15 is 0 Å². The average Bonchev–Trinajstić information content (AvgIpc) is 3.43. The number of amides is 2. The molecule has 3 N–H and O–H groups in total. The molecule has 4 rings (SSSR count). The topological polar surface area (TPSA) is 120 Å². The van der Waals surface area contributed by atoms with E-state index in [0.29, 0.717) is 45.3 Å². The van der Waals surface area contributed by atoms with E-state index in [1.54, 1.807) is 37.3 Å². The van der Waals surface area contributed by atoms with Crippen LogP contribution in [0, 0.1) is 0 Å². The number of carbonyl (C=O) groups is 2. The Morgan fingerprint density at radius 3 is 2.47 bits per heavy atom. The van der Waals surface area contributed by atoms with E-state index in [1.165, 1.54) is 21.3 Å². The van der Waals surface area contributed by atoms with E-state index in [2.05, 4.69) is 15.6 Å². The molecule has 3 aromatic rings. The fraction of sp³-hybridized carbons (Fsp3) is 0.273. The number of ether oxygens (including phenoxy) is 5. The lowest BCUT2D eigenvalue weighted by Crippen LogP contribution is -2.41. The zero-order valence-electron chi connectivity index (χ0n) is 18.0. The number of H-pyrrole nitrogens is 1. The average molecular weight is 441 g/mol. The van der Waals surface area contributed by atoms with Crippen LogP contribution < -0.4 is 34.3 Å². The minimum Gasteiger partial charge on any atom is -0.493 e. The molecule has 1 unspecified atom stereocenters. The number of aromatic nitrogens is 1. The van der Waals surface area contributed by atoms with Crippen LogP contribution in [0.1, 0.15) is 17.4 Å². The molecule has 2 heterocycles. The van der Waals surface area contributed by atoms with Crippen molar-refractivity contribution >= 4 is 28.4 Å². The molecule has 0 saturated carbocycles. The molecule has 1 aliphatic rings. The van der Waals surface area contributed by atoms with Crippen molar-refractivity contribution < 1.29 is 33.3 Å². The van der Waals surface area contributed by atoms with Gasteiger partial charge in [-0.2, -0.15) is 0 Å². The van der Waals surface area contributed by atoms with Gasteiger partial charge >= 0.3 is 0 Å². The minimum atomic E-state index is -0.801. The Kier molecular flexibility index (Phi) is 5.67. The number of carbonyl (C=O) groups excluding carboxylic acids is 2. The lowest BCUT2D eigenvalue weighted by Gasteiger charge is -2.14. The van der Waals surface area contributed by atoms with Crippen LogP contribution in [-0.4, -0.2) is 51.0 Å². The molecule has 0 spiro atoms. The Labute approximate surface area is 183 Å². The van der Waals surface area contributed by atoms with Crippen LogP contribution in [0.5, 0.6) is 28.7 Å². The lowest BCUT2D eigenvalue weighted by molar-refractivity contribution is -0.117. The number of fused-ring (bicyclic) bond motifs is 2. The van der Waals surface area contributed by atoms with Gasteiger partial charge in [0.25, 0.3) is 5.91 Å². The molecule has 10 heteroatoms. The van der Waals surface area contributed by atoms with Crippen LogP contribution in [0.25, 0.3) is 10.9 Å². The quantitative estimate of drug-likeness (QED) is 0.516. The first-order valence-corrected chi connectivity index (χ1v) is 9.78. The van der Waals surface area contributed by atoms with Gasteiger partial charge in [-0.1, -0.05) is 0 Å². The highest BCUT2D eigenvalue weighted by molar-refractivity contribution is 6.04. The maximum atomic E-state index is 12.8. The molecule has 2 aromatic carbocycles. The van der Waals surface area contributed by atoms with Crippen molar-refractivity contribution in [2.75, 3.05) is 33.4 Å². The molecule has 0 bridgehead atoms. The number of methoxy groups -OCH3 is 3. The normalized spacial score (nSPS) is 12.9. The highest BCUT2D eigenvalue weighted by Gasteiger charge is 2.22. The Hall–Kier alpha value is -4.08. The molecule has 10 nitrogen and oxygen atoms in total. The predicted molar refractivity (Wildman–Crippen MR) is 116 cm³/mol. The van der Waals surface area contributed by atoms with Crippen molar-refractivity contribution in [1.29, 1.82) is 0 Å². The van der Waals surface area contributed by atoms with Gasteiger partial charge in [-0.15, -0.1) is 0 Å². The molecule has 0 radical (unpaired) electrons. The summed E-state index contributed by atoms with van der Waals surface area (Å²) in [6.45, 7) is 1.74. The van der Waals surface area contributed by atoms with E-state index in [0.717, 1.165) is 0 Å². The number of aromatic amines is 1. The summed E-state index contributed by atoms with van der Waals surface area (Å²) in [5.41, 5.74) is 1.37. The first-order chi connectivity index (χ1) is 15.4. The molecule has 1 atom stereocenters. The molecule has 1 aromatic heterocycles. The van der Waals surface area contributed by atoms with E-state index in [-0.39, 0.29) is 18.4 Å². The maximum Gasteiger partial charge on any atom is 0.268 e. The van der Waals surface area contributed by atoms with Gasteiger partial charge < -0.3 is 39.3 Å². The van der Waals surface area contributed by atoms with Crippen molar-refractivity contribution in [1.82, 2.24) is 10.3 Å². The standard InChI is InChI=1S/C22H23N3O7/c1-11(21(26)24-13-5-6-15-16(9-13)32-10-31-15)23-22(27)14-7-12-8-17(28-2)19(29-3)20(30-4)18(12)25-14/h5-9,11,25H,10H2,1-4H3,(H,23,27)(H,24,26). The molecule has 168 valence electrons. The lowest BCUT2D eigenvalue weighted by atomic mass is 10.2. The fourth-order valence-corrected chi connectivity index (χ4v) is 3.43. The van der Waals surface area contributed by atoms with Gasteiger partial charge in [0.2, 0.25) is 18.4 Å². The number of rotatable bonds is 7. The van der Waals surface area contributed by atoms with E-state index in [1.807, 2.05) is 0 Å². The predicted octanol–water partition coefficient (Wildman–Crippen LogP) is 2.68. The third-order valence-corrected chi connectivity index (χ3v) is 5.05. The highest BCUT2D eigenvalue weighted by Crippen LogP contribution is 2.43. The second-order valence-corrected chi connectivity index (χ2v) is 7.05. The molecular weight excluding hydrogens is 418 g/mol. The molecule has 32 heavy (non-hydrogen) atoms. The molecular formula is C22H23N3O7. The molecule has 2 amide bonds. The number of anilines is 1. The van der Waals surface area contributed by atoms with Gasteiger partial charge in [0.1, 0.15) is 11.7 Å². The number of hydrogen-bond acceptors (Lipinski definition) is 7. The first kappa shape index (κ1) is 21.2. The number of benzene rings is 2. The second-order valence-electron chi connectivity index (χ2n) is 7.05. The SMILES string of the molecule is COc1cc2cc(C(=O)NC(C)C(=O)Nc3ccc4c(c3)OCO4)[nH]c2c(OC)c1OC. The first-order valence-electron chi connectivity index (χ1n) is 9.78. The van der Waals surface area contributed by atoms with Crippen LogP contribution >= 0.6 is 0 Å². The summed E-state index contributed by atoms with van der Waals surface area (Å²) >= 11 is 0. The summed E-state index contributed by atoms with van der Waals surface area (Å²) in [5, 5.41) is 6.13. The van der Waals surface area contributed by atoms with Gasteiger partial charge in [0, 0.05) is 17.1 Å². The largest absolute Gasteiger partial charge is 0.493 e. The Morgan fingerprint density at radius 1 is 1.00 bits per heavy atom. The van der Waals surface area contributed by atoms with Crippen LogP contribution in [-0.2, 0) is 4.79 Å². The summed E-state index contributed by atoms with van der Waals surface area (Å²) in [6.07, 6.45) is 0. The van der Waals surface area contributed by atoms with E-state index in [9.17, 15) is 9.59 Å². The third-order valence-electron chi connectivity index (χ3n) is 5.05. The highest BCUT2D eigenvalue weighted by atomic mass is 16.7. The fourth-order valence-electron chi connectivity index (χ4n) is 3.43. The van der Waals surface area contributed by atoms with Crippen LogP contribution in [0.15, 0.2) is 30.3 Å².